The van der Waals surface area contributed by atoms with Crippen molar-refractivity contribution in [1.29, 1.82) is 0 Å². The van der Waals surface area contributed by atoms with Gasteiger partial charge in [-0.25, -0.2) is 35.5 Å². The quantitative estimate of drug-likeness (QED) is 0.415. The first-order chi connectivity index (χ1) is 11.1. The van der Waals surface area contributed by atoms with E-state index >= 15 is 0 Å². The molecule has 0 amide bonds. The predicted molar refractivity (Wildman–Crippen MR) is 62.0 cm³/mol. The van der Waals surface area contributed by atoms with Gasteiger partial charge in [0.05, 0.1) is 11.1 Å². The molecule has 0 fully saturated rings. The maximum Gasteiger partial charge on any atom is 0.339 e. The Morgan fingerprint density at radius 3 is 1.42 bits per heavy atom. The zero-order valence-electron chi connectivity index (χ0n) is 10.9. The number of carbonyl (C=O) groups excluding carboxylic acids is 1. The van der Waals surface area contributed by atoms with Crippen molar-refractivity contribution in [2.45, 2.75) is 0 Å². The Morgan fingerprint density at radius 2 is 0.958 bits per heavy atom. The number of carboxylic acids is 1. The normalized spacial score (nSPS) is 12.4. The standard InChI is InChI=1S/C14HF7O3/c15-6-1-2-4(8(17)12(21)11(20)7(2)16)13(22)3(1)5(14(23)24)9(18)10(6)19/h(H,23,24). The number of ketones is 1. The minimum Gasteiger partial charge on any atom is -0.478 e. The number of carboxylic acid groups (broad SMARTS) is 1. The van der Waals surface area contributed by atoms with E-state index in [0.29, 0.717) is 0 Å². The van der Waals surface area contributed by atoms with E-state index in [-0.39, 0.29) is 0 Å². The summed E-state index contributed by atoms with van der Waals surface area (Å²) in [6, 6.07) is 0. The predicted octanol–water partition coefficient (Wildman–Crippen LogP) is 3.57. The highest BCUT2D eigenvalue weighted by Gasteiger charge is 2.44. The lowest BCUT2D eigenvalue weighted by molar-refractivity contribution is 0.0686. The van der Waals surface area contributed by atoms with E-state index in [0.717, 1.165) is 0 Å². The molecule has 0 bridgehead atoms. The van der Waals surface area contributed by atoms with Gasteiger partial charge in [-0.3, -0.25) is 4.79 Å². The van der Waals surface area contributed by atoms with Gasteiger partial charge >= 0.3 is 5.97 Å². The number of fused-ring (bicyclic) bond motifs is 3. The van der Waals surface area contributed by atoms with Crippen LogP contribution in [0, 0.1) is 40.7 Å². The van der Waals surface area contributed by atoms with Gasteiger partial charge in [-0.15, -0.1) is 0 Å². The first-order valence-electron chi connectivity index (χ1n) is 5.95. The van der Waals surface area contributed by atoms with Crippen LogP contribution in [0.1, 0.15) is 26.3 Å². The van der Waals surface area contributed by atoms with Gasteiger partial charge in [-0.05, 0) is 0 Å². The molecule has 2 aromatic carbocycles. The molecule has 0 atom stereocenters. The summed E-state index contributed by atoms with van der Waals surface area (Å²) in [5.41, 5.74) is -7.68. The van der Waals surface area contributed by atoms with Gasteiger partial charge in [0.15, 0.2) is 46.5 Å². The fourth-order valence-electron chi connectivity index (χ4n) is 2.53. The summed E-state index contributed by atoms with van der Waals surface area (Å²) >= 11 is 0. The highest BCUT2D eigenvalue weighted by atomic mass is 19.2. The molecule has 1 aliphatic carbocycles. The van der Waals surface area contributed by atoms with Crippen LogP contribution in [-0.2, 0) is 0 Å². The Balaban J connectivity index is 2.62. The van der Waals surface area contributed by atoms with Crippen LogP contribution in [-0.4, -0.2) is 16.9 Å². The van der Waals surface area contributed by atoms with Crippen molar-refractivity contribution in [2.24, 2.45) is 0 Å². The largest absolute Gasteiger partial charge is 0.478 e. The molecular formula is C14HF7O3. The zero-order valence-corrected chi connectivity index (χ0v) is 10.9. The smallest absolute Gasteiger partial charge is 0.339 e. The summed E-state index contributed by atoms with van der Waals surface area (Å²) in [6.07, 6.45) is 0. The summed E-state index contributed by atoms with van der Waals surface area (Å²) < 4.78 is 95.3. The van der Waals surface area contributed by atoms with E-state index in [4.69, 9.17) is 5.11 Å². The Labute approximate surface area is 126 Å². The first kappa shape index (κ1) is 16.0. The van der Waals surface area contributed by atoms with E-state index in [1.165, 1.54) is 0 Å². The zero-order chi connectivity index (χ0) is 18.1. The lowest BCUT2D eigenvalue weighted by Gasteiger charge is -2.09. The molecule has 1 aliphatic rings. The Hall–Kier alpha value is -2.91. The van der Waals surface area contributed by atoms with Crippen molar-refractivity contribution < 1.29 is 45.4 Å². The van der Waals surface area contributed by atoms with Gasteiger partial charge in [0.25, 0.3) is 0 Å². The number of benzene rings is 2. The minimum absolute atomic E-state index is 1.43. The SMILES string of the molecule is O=C(O)c1c(F)c(F)c(F)c2c1C(=O)c1c(F)c(F)c(F)c(F)c1-2. The summed E-state index contributed by atoms with van der Waals surface area (Å²) in [6.45, 7) is 0. The van der Waals surface area contributed by atoms with E-state index in [1.54, 1.807) is 0 Å². The molecule has 0 saturated carbocycles. The van der Waals surface area contributed by atoms with Gasteiger partial charge in [0, 0.05) is 11.1 Å². The molecule has 10 heteroatoms. The van der Waals surface area contributed by atoms with Crippen molar-refractivity contribution >= 4 is 11.8 Å². The van der Waals surface area contributed by atoms with Gasteiger partial charge < -0.3 is 5.11 Å². The monoisotopic (exact) mass is 350 g/mol. The number of hydrogen-bond donors (Lipinski definition) is 1. The summed E-state index contributed by atoms with van der Waals surface area (Å²) in [4.78, 5) is 23.1. The Morgan fingerprint density at radius 1 is 0.583 bits per heavy atom. The minimum atomic E-state index is -2.42. The van der Waals surface area contributed by atoms with Crippen LogP contribution in [0.5, 0.6) is 0 Å². The Kier molecular flexibility index (Phi) is 3.19. The molecular weight excluding hydrogens is 349 g/mol. The summed E-state index contributed by atoms with van der Waals surface area (Å²) in [7, 11) is 0. The highest BCUT2D eigenvalue weighted by molar-refractivity contribution is 6.25. The molecule has 124 valence electrons. The number of rotatable bonds is 1. The third-order valence-electron chi connectivity index (χ3n) is 3.51. The van der Waals surface area contributed by atoms with E-state index in [1.807, 2.05) is 0 Å². The maximum atomic E-state index is 13.9. The topological polar surface area (TPSA) is 54.4 Å². The molecule has 0 radical (unpaired) electrons. The van der Waals surface area contributed by atoms with Gasteiger partial charge in [0.1, 0.15) is 5.56 Å². The molecule has 24 heavy (non-hydrogen) atoms. The van der Waals surface area contributed by atoms with E-state index < -0.39 is 80.3 Å². The van der Waals surface area contributed by atoms with Crippen LogP contribution in [0.3, 0.4) is 0 Å². The molecule has 1 N–H and O–H groups in total. The maximum absolute atomic E-state index is 13.9. The van der Waals surface area contributed by atoms with Crippen molar-refractivity contribution in [3.63, 3.8) is 0 Å². The lowest BCUT2D eigenvalue weighted by Crippen LogP contribution is -2.13. The van der Waals surface area contributed by atoms with Gasteiger partial charge in [-0.2, -0.15) is 0 Å². The number of carbonyl (C=O) groups is 2. The van der Waals surface area contributed by atoms with Gasteiger partial charge in [-0.1, -0.05) is 0 Å². The molecule has 0 heterocycles. The number of hydrogen-bond acceptors (Lipinski definition) is 2. The van der Waals surface area contributed by atoms with Crippen LogP contribution in [0.25, 0.3) is 11.1 Å². The van der Waals surface area contributed by atoms with Crippen molar-refractivity contribution in [2.75, 3.05) is 0 Å². The van der Waals surface area contributed by atoms with Crippen LogP contribution in [0.2, 0.25) is 0 Å². The molecule has 0 unspecified atom stereocenters. The molecule has 0 aliphatic heterocycles. The van der Waals surface area contributed by atoms with Crippen molar-refractivity contribution in [3.8, 4) is 11.1 Å². The lowest BCUT2D eigenvalue weighted by atomic mass is 9.98. The summed E-state index contributed by atoms with van der Waals surface area (Å²) in [5.74, 6) is -20.3. The molecule has 0 spiro atoms. The molecule has 0 saturated heterocycles. The fraction of sp³-hybridized carbons (Fsp3) is 0. The average Bonchev–Trinajstić information content (AvgIpc) is 2.82. The molecule has 2 aromatic rings. The molecule has 3 nitrogen and oxygen atoms in total. The van der Waals surface area contributed by atoms with Crippen molar-refractivity contribution in [3.05, 3.63) is 57.4 Å². The van der Waals surface area contributed by atoms with Crippen LogP contribution in [0.4, 0.5) is 30.7 Å². The van der Waals surface area contributed by atoms with Gasteiger partial charge in [0.2, 0.25) is 0 Å². The third kappa shape index (κ3) is 1.67. The highest BCUT2D eigenvalue weighted by Crippen LogP contribution is 2.45. The second-order valence-corrected chi connectivity index (χ2v) is 4.71. The van der Waals surface area contributed by atoms with Crippen LogP contribution < -0.4 is 0 Å². The van der Waals surface area contributed by atoms with Crippen LogP contribution in [0.15, 0.2) is 0 Å². The summed E-state index contributed by atoms with van der Waals surface area (Å²) in [5, 5.41) is 8.87. The second-order valence-electron chi connectivity index (χ2n) is 4.71. The van der Waals surface area contributed by atoms with Crippen molar-refractivity contribution in [1.82, 2.24) is 0 Å². The second kappa shape index (κ2) is 4.79. The fourth-order valence-corrected chi connectivity index (χ4v) is 2.53. The first-order valence-corrected chi connectivity index (χ1v) is 5.95. The van der Waals surface area contributed by atoms with Crippen LogP contribution >= 0.6 is 0 Å². The third-order valence-corrected chi connectivity index (χ3v) is 3.51. The molecule has 0 aromatic heterocycles. The van der Waals surface area contributed by atoms with E-state index in [2.05, 4.69) is 0 Å². The average molecular weight is 350 g/mol. The number of halogens is 7. The Bertz CT molecular complexity index is 982. The molecule has 3 rings (SSSR count). The number of aromatic carboxylic acids is 1. The van der Waals surface area contributed by atoms with E-state index in [9.17, 15) is 40.3 Å².